The maximum atomic E-state index is 12.8. The lowest BCUT2D eigenvalue weighted by Crippen LogP contribution is -2.19. The molecule has 1 aromatic rings. The molecule has 1 aliphatic heterocycles. The minimum atomic E-state index is -0.506. The SMILES string of the molecule is O=C1OCOc2cc(F)cc(Br)c21. The van der Waals surface area contributed by atoms with Gasteiger partial charge in [0.2, 0.25) is 6.79 Å². The van der Waals surface area contributed by atoms with Gasteiger partial charge >= 0.3 is 5.97 Å². The van der Waals surface area contributed by atoms with Crippen molar-refractivity contribution in [3.63, 3.8) is 0 Å². The second-order valence-electron chi connectivity index (χ2n) is 2.45. The second-order valence-corrected chi connectivity index (χ2v) is 3.31. The summed E-state index contributed by atoms with van der Waals surface area (Å²) in [6.07, 6.45) is 0. The number of carbonyl (C=O) groups excluding carboxylic acids is 1. The average molecular weight is 247 g/mol. The van der Waals surface area contributed by atoms with Crippen LogP contribution in [0.2, 0.25) is 0 Å². The minimum absolute atomic E-state index is 0.165. The molecule has 1 aliphatic rings. The monoisotopic (exact) mass is 246 g/mol. The lowest BCUT2D eigenvalue weighted by Gasteiger charge is -2.17. The largest absolute Gasteiger partial charge is 0.456 e. The number of fused-ring (bicyclic) bond motifs is 1. The summed E-state index contributed by atoms with van der Waals surface area (Å²) in [6.45, 7) is -0.165. The molecule has 0 aromatic heterocycles. The molecule has 13 heavy (non-hydrogen) atoms. The Balaban J connectivity index is 2.63. The molecule has 0 N–H and O–H groups in total. The third-order valence-electron chi connectivity index (χ3n) is 1.63. The minimum Gasteiger partial charge on any atom is -0.456 e. The third kappa shape index (κ3) is 1.39. The van der Waals surface area contributed by atoms with Crippen LogP contribution in [0.15, 0.2) is 16.6 Å². The van der Waals surface area contributed by atoms with Crippen LogP contribution in [0.3, 0.4) is 0 Å². The zero-order valence-corrected chi connectivity index (χ0v) is 7.93. The molecule has 0 spiro atoms. The Morgan fingerprint density at radius 2 is 2.15 bits per heavy atom. The normalized spacial score (nSPS) is 14.5. The molecule has 0 bridgehead atoms. The highest BCUT2D eigenvalue weighted by Crippen LogP contribution is 2.31. The first-order chi connectivity index (χ1) is 6.18. The molecule has 0 aliphatic carbocycles. The fraction of sp³-hybridized carbons (Fsp3) is 0.125. The van der Waals surface area contributed by atoms with Crippen LogP contribution in [0.4, 0.5) is 4.39 Å². The van der Waals surface area contributed by atoms with Gasteiger partial charge < -0.3 is 9.47 Å². The molecule has 0 radical (unpaired) electrons. The van der Waals surface area contributed by atoms with E-state index in [0.29, 0.717) is 4.47 Å². The number of cyclic esters (lactones) is 1. The Kier molecular flexibility index (Phi) is 1.95. The van der Waals surface area contributed by atoms with Crippen molar-refractivity contribution in [1.29, 1.82) is 0 Å². The molecule has 0 saturated carbocycles. The highest BCUT2D eigenvalue weighted by molar-refractivity contribution is 9.10. The smallest absolute Gasteiger partial charge is 0.345 e. The average Bonchev–Trinajstić information content (AvgIpc) is 2.02. The number of rotatable bonds is 0. The number of esters is 1. The summed E-state index contributed by atoms with van der Waals surface area (Å²) in [5.41, 5.74) is 0.229. The highest BCUT2D eigenvalue weighted by atomic mass is 79.9. The molecular weight excluding hydrogens is 243 g/mol. The van der Waals surface area contributed by atoms with Gasteiger partial charge in [-0.25, -0.2) is 9.18 Å². The molecule has 3 nitrogen and oxygen atoms in total. The molecule has 5 heteroatoms. The third-order valence-corrected chi connectivity index (χ3v) is 2.25. The van der Waals surface area contributed by atoms with E-state index in [2.05, 4.69) is 20.7 Å². The molecule has 2 rings (SSSR count). The molecular formula is C8H4BrFO3. The number of carbonyl (C=O) groups is 1. The molecule has 0 unspecified atom stereocenters. The molecule has 0 fully saturated rings. The predicted octanol–water partition coefficient (Wildman–Crippen LogP) is 2.09. The van der Waals surface area contributed by atoms with E-state index in [4.69, 9.17) is 4.74 Å². The van der Waals surface area contributed by atoms with Crippen molar-refractivity contribution in [2.24, 2.45) is 0 Å². The molecule has 1 aromatic carbocycles. The summed E-state index contributed by atoms with van der Waals surface area (Å²) < 4.78 is 22.7. The summed E-state index contributed by atoms with van der Waals surface area (Å²) in [4.78, 5) is 11.2. The topological polar surface area (TPSA) is 35.5 Å². The maximum Gasteiger partial charge on any atom is 0.345 e. The molecule has 0 saturated heterocycles. The van der Waals surface area contributed by atoms with Gasteiger partial charge in [-0.1, -0.05) is 0 Å². The first-order valence-electron chi connectivity index (χ1n) is 3.47. The Hall–Kier alpha value is -1.10. The van der Waals surface area contributed by atoms with Gasteiger partial charge in [-0.05, 0) is 22.0 Å². The summed E-state index contributed by atoms with van der Waals surface area (Å²) in [5.74, 6) is -0.753. The van der Waals surface area contributed by atoms with E-state index in [1.807, 2.05) is 0 Å². The Morgan fingerprint density at radius 3 is 2.92 bits per heavy atom. The summed E-state index contributed by atoms with van der Waals surface area (Å²) in [5, 5.41) is 0. The number of hydrogen-bond donors (Lipinski definition) is 0. The van der Waals surface area contributed by atoms with Gasteiger partial charge in [0.25, 0.3) is 0 Å². The summed E-state index contributed by atoms with van der Waals surface area (Å²) >= 11 is 3.05. The standard InChI is InChI=1S/C8H4BrFO3/c9-5-1-4(10)2-6-7(5)8(11)13-3-12-6/h1-2H,3H2. The molecule has 0 amide bonds. The lowest BCUT2D eigenvalue weighted by atomic mass is 10.2. The van der Waals surface area contributed by atoms with Gasteiger partial charge in [-0.3, -0.25) is 0 Å². The van der Waals surface area contributed by atoms with E-state index in [9.17, 15) is 9.18 Å². The van der Waals surface area contributed by atoms with Gasteiger partial charge in [-0.2, -0.15) is 0 Å². The molecule has 68 valence electrons. The Bertz CT molecular complexity index is 378. The fourth-order valence-corrected chi connectivity index (χ4v) is 1.66. The van der Waals surface area contributed by atoms with Crippen LogP contribution < -0.4 is 4.74 Å². The van der Waals surface area contributed by atoms with Crippen molar-refractivity contribution < 1.29 is 18.7 Å². The Labute approximate surface area is 81.6 Å². The van der Waals surface area contributed by atoms with E-state index in [1.54, 1.807) is 0 Å². The van der Waals surface area contributed by atoms with Gasteiger partial charge in [0.05, 0.1) is 0 Å². The van der Waals surface area contributed by atoms with E-state index < -0.39 is 11.8 Å². The van der Waals surface area contributed by atoms with Crippen molar-refractivity contribution in [2.45, 2.75) is 0 Å². The van der Waals surface area contributed by atoms with Crippen LogP contribution in [-0.4, -0.2) is 12.8 Å². The van der Waals surface area contributed by atoms with Crippen LogP contribution >= 0.6 is 15.9 Å². The van der Waals surface area contributed by atoms with Crippen molar-refractivity contribution >= 4 is 21.9 Å². The molecule has 1 heterocycles. The highest BCUT2D eigenvalue weighted by Gasteiger charge is 2.23. The van der Waals surface area contributed by atoms with Crippen LogP contribution in [-0.2, 0) is 4.74 Å². The predicted molar refractivity (Wildman–Crippen MR) is 45.0 cm³/mol. The summed E-state index contributed by atoms with van der Waals surface area (Å²) in [6, 6.07) is 2.34. The molecule has 0 atom stereocenters. The van der Waals surface area contributed by atoms with Crippen molar-refractivity contribution in [3.8, 4) is 5.75 Å². The van der Waals surface area contributed by atoms with E-state index in [-0.39, 0.29) is 18.1 Å². The van der Waals surface area contributed by atoms with Gasteiger partial charge in [0.1, 0.15) is 17.1 Å². The van der Waals surface area contributed by atoms with E-state index in [0.717, 1.165) is 6.07 Å². The number of benzene rings is 1. The first kappa shape index (κ1) is 8.50. The van der Waals surface area contributed by atoms with Crippen molar-refractivity contribution in [1.82, 2.24) is 0 Å². The van der Waals surface area contributed by atoms with Crippen molar-refractivity contribution in [3.05, 3.63) is 28.0 Å². The van der Waals surface area contributed by atoms with E-state index in [1.165, 1.54) is 6.07 Å². The van der Waals surface area contributed by atoms with Crippen LogP contribution in [0.25, 0.3) is 0 Å². The number of ether oxygens (including phenoxy) is 2. The second kappa shape index (κ2) is 2.99. The lowest BCUT2D eigenvalue weighted by molar-refractivity contribution is 0.00459. The van der Waals surface area contributed by atoms with Crippen molar-refractivity contribution in [2.75, 3.05) is 6.79 Å². The number of halogens is 2. The van der Waals surface area contributed by atoms with Gasteiger partial charge in [0.15, 0.2) is 0 Å². The zero-order chi connectivity index (χ0) is 9.42. The maximum absolute atomic E-state index is 12.8. The van der Waals surface area contributed by atoms with Crippen LogP contribution in [0.1, 0.15) is 10.4 Å². The van der Waals surface area contributed by atoms with E-state index >= 15 is 0 Å². The summed E-state index contributed by atoms with van der Waals surface area (Å²) in [7, 11) is 0. The van der Waals surface area contributed by atoms with Crippen LogP contribution in [0.5, 0.6) is 5.75 Å². The first-order valence-corrected chi connectivity index (χ1v) is 4.27. The quantitative estimate of drug-likeness (QED) is 0.658. The number of hydrogen-bond acceptors (Lipinski definition) is 3. The van der Waals surface area contributed by atoms with Gasteiger partial charge in [-0.15, -0.1) is 0 Å². The Morgan fingerprint density at radius 1 is 1.38 bits per heavy atom. The van der Waals surface area contributed by atoms with Gasteiger partial charge in [0, 0.05) is 10.5 Å². The fourth-order valence-electron chi connectivity index (χ4n) is 1.08. The zero-order valence-electron chi connectivity index (χ0n) is 6.34. The van der Waals surface area contributed by atoms with Crippen LogP contribution in [0, 0.1) is 5.82 Å².